The largest absolute Gasteiger partial charge is 0.353 e. The van der Waals surface area contributed by atoms with Gasteiger partial charge in [-0.25, -0.2) is 0 Å². The van der Waals surface area contributed by atoms with Gasteiger partial charge in [-0.15, -0.1) is 0 Å². The van der Waals surface area contributed by atoms with Gasteiger partial charge in [0.15, 0.2) is 0 Å². The van der Waals surface area contributed by atoms with E-state index in [0.29, 0.717) is 23.9 Å². The Bertz CT molecular complexity index is 235. The van der Waals surface area contributed by atoms with E-state index in [1.807, 2.05) is 0 Å². The fraction of sp³-hybridized carbons (Fsp3) is 0.909. The Kier molecular flexibility index (Phi) is 2.52. The van der Waals surface area contributed by atoms with Crippen LogP contribution in [-0.4, -0.2) is 18.0 Å². The fourth-order valence-electron chi connectivity index (χ4n) is 2.20. The lowest BCUT2D eigenvalue weighted by atomic mass is 10.1. The molecule has 3 heteroatoms. The van der Waals surface area contributed by atoms with Gasteiger partial charge in [0.1, 0.15) is 0 Å². The highest BCUT2D eigenvalue weighted by molar-refractivity contribution is 5.77. The zero-order valence-corrected chi connectivity index (χ0v) is 8.88. The lowest BCUT2D eigenvalue weighted by Gasteiger charge is -2.14. The molecule has 0 radical (unpaired) electrons. The Balaban J connectivity index is 1.72. The van der Waals surface area contributed by atoms with Crippen LogP contribution in [0.3, 0.4) is 0 Å². The summed E-state index contributed by atoms with van der Waals surface area (Å²) in [6.07, 6.45) is 6.21. The van der Waals surface area contributed by atoms with Crippen molar-refractivity contribution in [3.8, 4) is 0 Å². The van der Waals surface area contributed by atoms with Gasteiger partial charge in [-0.2, -0.15) is 0 Å². The van der Waals surface area contributed by atoms with Crippen LogP contribution in [0.2, 0.25) is 0 Å². The number of hydrogen-bond acceptors (Lipinski definition) is 2. The quantitative estimate of drug-likeness (QED) is 0.712. The second-order valence-corrected chi connectivity index (χ2v) is 5.33. The Morgan fingerprint density at radius 2 is 2.21 bits per heavy atom. The summed E-state index contributed by atoms with van der Waals surface area (Å²) < 4.78 is 0. The molecule has 0 aromatic heterocycles. The summed E-state index contributed by atoms with van der Waals surface area (Å²) >= 11 is 0. The van der Waals surface area contributed by atoms with Crippen LogP contribution in [0.1, 0.15) is 45.4 Å². The Morgan fingerprint density at radius 1 is 1.50 bits per heavy atom. The van der Waals surface area contributed by atoms with Crippen molar-refractivity contribution in [3.05, 3.63) is 0 Å². The number of nitrogens with two attached hydrogens (primary N) is 1. The van der Waals surface area contributed by atoms with Crippen LogP contribution in [0, 0.1) is 5.41 Å². The third-order valence-electron chi connectivity index (χ3n) is 3.53. The van der Waals surface area contributed by atoms with E-state index in [1.54, 1.807) is 0 Å². The van der Waals surface area contributed by atoms with Crippen molar-refractivity contribution < 1.29 is 4.79 Å². The highest BCUT2D eigenvalue weighted by Gasteiger charge is 2.39. The molecule has 0 aromatic carbocycles. The number of hydrogen-bond donors (Lipinski definition) is 2. The molecular formula is C11H20N2O. The van der Waals surface area contributed by atoms with Crippen molar-refractivity contribution in [1.82, 2.24) is 5.32 Å². The maximum absolute atomic E-state index is 11.6. The number of rotatable bonds is 3. The first-order valence-corrected chi connectivity index (χ1v) is 5.62. The van der Waals surface area contributed by atoms with E-state index in [2.05, 4.69) is 12.2 Å². The fourth-order valence-corrected chi connectivity index (χ4v) is 2.20. The number of carbonyl (C=O) groups is 1. The van der Waals surface area contributed by atoms with E-state index in [0.717, 1.165) is 19.3 Å². The molecular weight excluding hydrogens is 176 g/mol. The molecule has 3 N–H and O–H groups in total. The van der Waals surface area contributed by atoms with Crippen molar-refractivity contribution in [2.24, 2.45) is 11.1 Å². The van der Waals surface area contributed by atoms with Crippen molar-refractivity contribution in [2.45, 2.75) is 57.5 Å². The molecule has 14 heavy (non-hydrogen) atoms. The molecule has 0 bridgehead atoms. The van der Waals surface area contributed by atoms with Gasteiger partial charge >= 0.3 is 0 Å². The first-order valence-electron chi connectivity index (χ1n) is 5.62. The van der Waals surface area contributed by atoms with Gasteiger partial charge in [0.25, 0.3) is 0 Å². The zero-order valence-electron chi connectivity index (χ0n) is 8.88. The summed E-state index contributed by atoms with van der Waals surface area (Å²) in [4.78, 5) is 11.6. The molecule has 0 spiro atoms. The van der Waals surface area contributed by atoms with Gasteiger partial charge in [0.05, 0.1) is 0 Å². The maximum atomic E-state index is 11.6. The second kappa shape index (κ2) is 3.54. The van der Waals surface area contributed by atoms with E-state index in [-0.39, 0.29) is 5.91 Å². The second-order valence-electron chi connectivity index (χ2n) is 5.33. The van der Waals surface area contributed by atoms with E-state index < -0.39 is 0 Å². The molecule has 2 fully saturated rings. The number of amides is 1. The number of carbonyl (C=O) groups excluding carboxylic acids is 1. The summed E-state index contributed by atoms with van der Waals surface area (Å²) in [5.74, 6) is 0.226. The highest BCUT2D eigenvalue weighted by atomic mass is 16.1. The summed E-state index contributed by atoms with van der Waals surface area (Å²) in [6.45, 7) is 2.19. The minimum atomic E-state index is 0.226. The standard InChI is InChI=1S/C11H20N2O/c1-11(4-5-11)7-10(14)13-9-3-2-8(12)6-9/h8-9H,2-7,12H2,1H3,(H,13,14). The predicted octanol–water partition coefficient (Wildman–Crippen LogP) is 1.17. The van der Waals surface area contributed by atoms with Crippen molar-refractivity contribution in [1.29, 1.82) is 0 Å². The van der Waals surface area contributed by atoms with E-state index in [4.69, 9.17) is 5.73 Å². The molecule has 2 aliphatic carbocycles. The van der Waals surface area contributed by atoms with Crippen LogP contribution in [0.5, 0.6) is 0 Å². The average molecular weight is 196 g/mol. The summed E-state index contributed by atoms with van der Waals surface area (Å²) in [7, 11) is 0. The van der Waals surface area contributed by atoms with Crippen LogP contribution in [0.25, 0.3) is 0 Å². The van der Waals surface area contributed by atoms with Gasteiger partial charge < -0.3 is 11.1 Å². The first-order chi connectivity index (χ1) is 6.57. The highest BCUT2D eigenvalue weighted by Crippen LogP contribution is 2.48. The lowest BCUT2D eigenvalue weighted by Crippen LogP contribution is -2.35. The maximum Gasteiger partial charge on any atom is 0.220 e. The first kappa shape index (κ1) is 9.97. The smallest absolute Gasteiger partial charge is 0.220 e. The predicted molar refractivity (Wildman–Crippen MR) is 55.7 cm³/mol. The molecule has 80 valence electrons. The molecule has 2 rings (SSSR count). The molecule has 0 aromatic rings. The van der Waals surface area contributed by atoms with Crippen LogP contribution in [-0.2, 0) is 4.79 Å². The topological polar surface area (TPSA) is 55.1 Å². The molecule has 2 unspecified atom stereocenters. The van der Waals surface area contributed by atoms with Crippen molar-refractivity contribution in [3.63, 3.8) is 0 Å². The van der Waals surface area contributed by atoms with Crippen LogP contribution in [0.4, 0.5) is 0 Å². The Labute approximate surface area is 85.4 Å². The molecule has 0 saturated heterocycles. The molecule has 2 saturated carbocycles. The third-order valence-corrected chi connectivity index (χ3v) is 3.53. The van der Waals surface area contributed by atoms with Crippen molar-refractivity contribution >= 4 is 5.91 Å². The van der Waals surface area contributed by atoms with E-state index in [1.165, 1.54) is 12.8 Å². The Hall–Kier alpha value is -0.570. The van der Waals surface area contributed by atoms with Gasteiger partial charge in [-0.3, -0.25) is 4.79 Å². The van der Waals surface area contributed by atoms with E-state index >= 15 is 0 Å². The summed E-state index contributed by atoms with van der Waals surface area (Å²) in [6, 6.07) is 0.650. The minimum absolute atomic E-state index is 0.226. The van der Waals surface area contributed by atoms with Gasteiger partial charge in [-0.05, 0) is 37.5 Å². The lowest BCUT2D eigenvalue weighted by molar-refractivity contribution is -0.122. The molecule has 0 aliphatic heterocycles. The SMILES string of the molecule is CC1(CC(=O)NC2CCC(N)C2)CC1. The molecule has 2 atom stereocenters. The third kappa shape index (κ3) is 2.47. The normalized spacial score (nSPS) is 34.1. The zero-order chi connectivity index (χ0) is 10.2. The summed E-state index contributed by atoms with van der Waals surface area (Å²) in [5, 5.41) is 3.09. The monoisotopic (exact) mass is 196 g/mol. The molecule has 3 nitrogen and oxygen atoms in total. The molecule has 0 heterocycles. The van der Waals surface area contributed by atoms with Crippen LogP contribution < -0.4 is 11.1 Å². The van der Waals surface area contributed by atoms with Gasteiger partial charge in [0.2, 0.25) is 5.91 Å². The summed E-state index contributed by atoms with van der Waals surface area (Å²) in [5.41, 5.74) is 6.11. The molecule has 2 aliphatic rings. The average Bonchev–Trinajstić information content (AvgIpc) is 2.64. The number of nitrogens with one attached hydrogen (secondary N) is 1. The van der Waals surface area contributed by atoms with Gasteiger partial charge in [-0.1, -0.05) is 6.92 Å². The Morgan fingerprint density at radius 3 is 2.71 bits per heavy atom. The van der Waals surface area contributed by atoms with Crippen LogP contribution >= 0.6 is 0 Å². The van der Waals surface area contributed by atoms with E-state index in [9.17, 15) is 4.79 Å². The van der Waals surface area contributed by atoms with Crippen LogP contribution in [0.15, 0.2) is 0 Å². The van der Waals surface area contributed by atoms with Gasteiger partial charge in [0, 0.05) is 18.5 Å². The minimum Gasteiger partial charge on any atom is -0.353 e. The molecule has 1 amide bonds. The van der Waals surface area contributed by atoms with Crippen molar-refractivity contribution in [2.75, 3.05) is 0 Å².